The molecule has 10 heteroatoms. The van der Waals surface area contributed by atoms with Gasteiger partial charge in [0, 0.05) is 5.69 Å². The van der Waals surface area contributed by atoms with Gasteiger partial charge in [-0.2, -0.15) is 13.2 Å². The third-order valence-electron chi connectivity index (χ3n) is 3.04. The Morgan fingerprint density at radius 1 is 1.08 bits per heavy atom. The molecule has 0 aliphatic heterocycles. The summed E-state index contributed by atoms with van der Waals surface area (Å²) >= 11 is 5.59. The molecule has 2 aromatic carbocycles. The summed E-state index contributed by atoms with van der Waals surface area (Å²) in [5.41, 5.74) is -1.63. The maximum atomic E-state index is 13.1. The summed E-state index contributed by atoms with van der Waals surface area (Å²) in [6.45, 7) is -0.871. The summed E-state index contributed by atoms with van der Waals surface area (Å²) < 4.78 is 68.4. The first kappa shape index (κ1) is 19.6. The third kappa shape index (κ3) is 4.92. The van der Waals surface area contributed by atoms with Gasteiger partial charge in [0.25, 0.3) is 5.91 Å². The topological polar surface area (TPSA) is 55.4 Å². The zero-order chi connectivity index (χ0) is 19.5. The second-order valence-electron chi connectivity index (χ2n) is 4.95. The van der Waals surface area contributed by atoms with Crippen molar-refractivity contribution in [3.63, 3.8) is 0 Å². The van der Waals surface area contributed by atoms with E-state index in [2.05, 4.69) is 10.1 Å². The quantitative estimate of drug-likeness (QED) is 0.475. The number of rotatable bonds is 4. The molecule has 0 atom stereocenters. The van der Waals surface area contributed by atoms with Gasteiger partial charge in [-0.1, -0.05) is 17.7 Å². The zero-order valence-corrected chi connectivity index (χ0v) is 13.4. The average Bonchev–Trinajstić information content (AvgIpc) is 2.55. The van der Waals surface area contributed by atoms with Gasteiger partial charge >= 0.3 is 12.1 Å². The molecule has 0 spiro atoms. The van der Waals surface area contributed by atoms with E-state index in [0.717, 1.165) is 12.1 Å². The van der Waals surface area contributed by atoms with Crippen molar-refractivity contribution in [1.82, 2.24) is 0 Å². The van der Waals surface area contributed by atoms with E-state index in [9.17, 15) is 31.5 Å². The zero-order valence-electron chi connectivity index (χ0n) is 12.7. The molecular weight excluding hydrogens is 385 g/mol. The van der Waals surface area contributed by atoms with E-state index in [1.165, 1.54) is 6.07 Å². The molecule has 0 fully saturated rings. The lowest BCUT2D eigenvalue weighted by molar-refractivity contribution is -0.137. The molecule has 2 rings (SSSR count). The highest BCUT2D eigenvalue weighted by atomic mass is 35.5. The van der Waals surface area contributed by atoms with Crippen molar-refractivity contribution in [3.05, 3.63) is 64.2 Å². The number of esters is 1. The molecule has 2 aromatic rings. The van der Waals surface area contributed by atoms with Crippen LogP contribution in [0.15, 0.2) is 36.4 Å². The Balaban J connectivity index is 1.99. The summed E-state index contributed by atoms with van der Waals surface area (Å²) in [7, 11) is 0. The van der Waals surface area contributed by atoms with Crippen LogP contribution in [0.1, 0.15) is 15.9 Å². The summed E-state index contributed by atoms with van der Waals surface area (Å²) in [4.78, 5) is 23.4. The molecule has 0 radical (unpaired) electrons. The number of anilines is 1. The fraction of sp³-hybridized carbons (Fsp3) is 0.125. The van der Waals surface area contributed by atoms with E-state index >= 15 is 0 Å². The SMILES string of the molecule is O=C(COC(=O)c1cc(F)c(F)cc1Cl)Nc1cccc(C(F)(F)F)c1. The van der Waals surface area contributed by atoms with Crippen LogP contribution in [0.5, 0.6) is 0 Å². The van der Waals surface area contributed by atoms with Gasteiger partial charge in [0.2, 0.25) is 0 Å². The molecule has 0 unspecified atom stereocenters. The molecule has 26 heavy (non-hydrogen) atoms. The second kappa shape index (κ2) is 7.69. The molecule has 0 aromatic heterocycles. The van der Waals surface area contributed by atoms with Crippen molar-refractivity contribution >= 4 is 29.2 Å². The predicted octanol–water partition coefficient (Wildman–Crippen LogP) is 4.43. The van der Waals surface area contributed by atoms with Gasteiger partial charge in [0.1, 0.15) is 0 Å². The van der Waals surface area contributed by atoms with E-state index in [1.54, 1.807) is 0 Å². The number of hydrogen-bond donors (Lipinski definition) is 1. The number of ether oxygens (including phenoxy) is 1. The van der Waals surface area contributed by atoms with Crippen LogP contribution in [0.25, 0.3) is 0 Å². The summed E-state index contributed by atoms with van der Waals surface area (Å²) in [6.07, 6.45) is -4.59. The number of alkyl halides is 3. The van der Waals surface area contributed by atoms with Crippen LogP contribution in [0.2, 0.25) is 5.02 Å². The minimum absolute atomic E-state index is 0.160. The van der Waals surface area contributed by atoms with E-state index < -0.39 is 52.4 Å². The number of hydrogen-bond acceptors (Lipinski definition) is 3. The van der Waals surface area contributed by atoms with Gasteiger partial charge in [-0.3, -0.25) is 4.79 Å². The molecule has 1 N–H and O–H groups in total. The van der Waals surface area contributed by atoms with Crippen LogP contribution < -0.4 is 5.32 Å². The van der Waals surface area contributed by atoms with E-state index in [-0.39, 0.29) is 5.69 Å². The van der Waals surface area contributed by atoms with Crippen LogP contribution in [-0.2, 0) is 15.7 Å². The van der Waals surface area contributed by atoms with Crippen molar-refractivity contribution in [1.29, 1.82) is 0 Å². The first-order valence-electron chi connectivity index (χ1n) is 6.86. The predicted molar refractivity (Wildman–Crippen MR) is 81.7 cm³/mol. The lowest BCUT2D eigenvalue weighted by Gasteiger charge is -2.10. The summed E-state index contributed by atoms with van der Waals surface area (Å²) in [6, 6.07) is 4.89. The number of carbonyl (C=O) groups is 2. The molecule has 0 saturated carbocycles. The number of nitrogens with one attached hydrogen (secondary N) is 1. The fourth-order valence-electron chi connectivity index (χ4n) is 1.86. The normalized spacial score (nSPS) is 11.2. The number of halogens is 6. The van der Waals surface area contributed by atoms with Gasteiger partial charge in [-0.25, -0.2) is 13.6 Å². The van der Waals surface area contributed by atoms with Gasteiger partial charge in [0.15, 0.2) is 18.2 Å². The Kier molecular flexibility index (Phi) is 5.81. The standard InChI is InChI=1S/C16H9ClF5NO3/c17-11-6-13(19)12(18)5-10(11)15(25)26-7-14(24)23-9-3-1-2-8(4-9)16(20,21)22/h1-6H,7H2,(H,23,24). The van der Waals surface area contributed by atoms with Crippen LogP contribution >= 0.6 is 11.6 Å². The maximum Gasteiger partial charge on any atom is 0.416 e. The summed E-state index contributed by atoms with van der Waals surface area (Å²) in [5, 5.41) is 1.69. The van der Waals surface area contributed by atoms with E-state index in [0.29, 0.717) is 18.2 Å². The van der Waals surface area contributed by atoms with Crippen molar-refractivity contribution in [2.45, 2.75) is 6.18 Å². The van der Waals surface area contributed by atoms with Crippen LogP contribution in [0.4, 0.5) is 27.6 Å². The Morgan fingerprint density at radius 2 is 1.73 bits per heavy atom. The molecule has 0 bridgehead atoms. The molecule has 0 saturated heterocycles. The number of benzene rings is 2. The molecule has 0 heterocycles. The van der Waals surface area contributed by atoms with E-state index in [4.69, 9.17) is 11.6 Å². The number of carbonyl (C=O) groups excluding carboxylic acids is 2. The van der Waals surface area contributed by atoms with Gasteiger partial charge in [0.05, 0.1) is 16.1 Å². The first-order valence-corrected chi connectivity index (χ1v) is 7.24. The first-order chi connectivity index (χ1) is 12.1. The van der Waals surface area contributed by atoms with Crippen LogP contribution in [0.3, 0.4) is 0 Å². The van der Waals surface area contributed by atoms with Crippen LogP contribution in [-0.4, -0.2) is 18.5 Å². The number of amides is 1. The largest absolute Gasteiger partial charge is 0.452 e. The minimum Gasteiger partial charge on any atom is -0.452 e. The Labute approximate surface area is 148 Å². The van der Waals surface area contributed by atoms with Gasteiger partial charge in [-0.05, 0) is 30.3 Å². The molecule has 1 amide bonds. The smallest absolute Gasteiger partial charge is 0.416 e. The van der Waals surface area contributed by atoms with Crippen molar-refractivity contribution < 1.29 is 36.3 Å². The second-order valence-corrected chi connectivity index (χ2v) is 5.36. The third-order valence-corrected chi connectivity index (χ3v) is 3.35. The van der Waals surface area contributed by atoms with Crippen molar-refractivity contribution in [2.24, 2.45) is 0 Å². The lowest BCUT2D eigenvalue weighted by Crippen LogP contribution is -2.21. The monoisotopic (exact) mass is 393 g/mol. The Morgan fingerprint density at radius 3 is 2.38 bits per heavy atom. The van der Waals surface area contributed by atoms with Gasteiger partial charge in [-0.15, -0.1) is 0 Å². The average molecular weight is 394 g/mol. The van der Waals surface area contributed by atoms with Crippen molar-refractivity contribution in [3.8, 4) is 0 Å². The summed E-state index contributed by atoms with van der Waals surface area (Å²) in [5.74, 6) is -4.74. The highest BCUT2D eigenvalue weighted by Crippen LogP contribution is 2.30. The Hall–Kier alpha value is -2.68. The molecule has 0 aliphatic rings. The Bertz CT molecular complexity index is 854. The molecular formula is C16H9ClF5NO3. The maximum absolute atomic E-state index is 13.1. The van der Waals surface area contributed by atoms with E-state index in [1.807, 2.05) is 0 Å². The minimum atomic E-state index is -4.59. The van der Waals surface area contributed by atoms with Crippen molar-refractivity contribution in [2.75, 3.05) is 11.9 Å². The molecule has 138 valence electrons. The van der Waals surface area contributed by atoms with Crippen LogP contribution in [0, 0.1) is 11.6 Å². The molecule has 4 nitrogen and oxygen atoms in total. The van der Waals surface area contributed by atoms with Gasteiger partial charge < -0.3 is 10.1 Å². The highest BCUT2D eigenvalue weighted by Gasteiger charge is 2.30. The lowest BCUT2D eigenvalue weighted by atomic mass is 10.2. The molecule has 0 aliphatic carbocycles. The highest BCUT2D eigenvalue weighted by molar-refractivity contribution is 6.33. The fourth-order valence-corrected chi connectivity index (χ4v) is 2.09.